The first-order chi connectivity index (χ1) is 10.7. The summed E-state index contributed by atoms with van der Waals surface area (Å²) < 4.78 is 0. The van der Waals surface area contributed by atoms with Crippen molar-refractivity contribution in [3.05, 3.63) is 16.6 Å². The van der Waals surface area contributed by atoms with Gasteiger partial charge < -0.3 is 10.2 Å². The molecule has 4 rings (SSSR count). The van der Waals surface area contributed by atoms with Gasteiger partial charge in [0, 0.05) is 43.5 Å². The number of nitrogens with zero attached hydrogens (tertiary/aromatic N) is 3. The van der Waals surface area contributed by atoms with Crippen LogP contribution in [0, 0.1) is 0 Å². The molecule has 0 bridgehead atoms. The van der Waals surface area contributed by atoms with E-state index in [1.54, 1.807) is 11.3 Å². The molecule has 1 aromatic rings. The maximum Gasteiger partial charge on any atom is 0.269 e. The van der Waals surface area contributed by atoms with Crippen LogP contribution in [-0.4, -0.2) is 46.2 Å². The van der Waals surface area contributed by atoms with Crippen LogP contribution in [0.1, 0.15) is 37.1 Å². The summed E-state index contributed by atoms with van der Waals surface area (Å²) in [6.07, 6.45) is 6.77. The molecule has 1 aliphatic carbocycles. The highest BCUT2D eigenvalue weighted by Gasteiger charge is 2.46. The van der Waals surface area contributed by atoms with Crippen molar-refractivity contribution in [2.24, 2.45) is 5.16 Å². The highest BCUT2D eigenvalue weighted by atomic mass is 32.1. The third-order valence-corrected chi connectivity index (χ3v) is 5.54. The molecule has 118 valence electrons. The predicted molar refractivity (Wildman–Crippen MR) is 83.7 cm³/mol. The summed E-state index contributed by atoms with van der Waals surface area (Å²) in [5, 5.41) is 10.2. The zero-order valence-corrected chi connectivity index (χ0v) is 13.3. The monoisotopic (exact) mass is 320 g/mol. The number of thiazole rings is 1. The first-order valence-electron chi connectivity index (χ1n) is 7.89. The molecule has 1 aromatic heterocycles. The van der Waals surface area contributed by atoms with Gasteiger partial charge in [-0.2, -0.15) is 0 Å². The number of carbonyl (C=O) groups excluding carboxylic acids is 1. The van der Waals surface area contributed by atoms with Crippen molar-refractivity contribution in [2.45, 2.75) is 50.3 Å². The number of nitrogens with one attached hydrogen (secondary N) is 1. The summed E-state index contributed by atoms with van der Waals surface area (Å²) in [6.45, 7) is 2.63. The first-order valence-corrected chi connectivity index (χ1v) is 8.77. The highest BCUT2D eigenvalue weighted by molar-refractivity contribution is 7.09. The van der Waals surface area contributed by atoms with Gasteiger partial charge in [-0.25, -0.2) is 4.98 Å². The number of aromatic nitrogens is 1. The normalized spacial score (nSPS) is 28.5. The zero-order valence-electron chi connectivity index (χ0n) is 12.5. The van der Waals surface area contributed by atoms with E-state index in [2.05, 4.69) is 20.4 Å². The second kappa shape index (κ2) is 5.62. The highest BCUT2D eigenvalue weighted by Crippen LogP contribution is 2.34. The Labute approximate surface area is 133 Å². The van der Waals surface area contributed by atoms with Gasteiger partial charge >= 0.3 is 0 Å². The maximum atomic E-state index is 12.2. The van der Waals surface area contributed by atoms with E-state index in [0.29, 0.717) is 18.2 Å². The molecule has 3 aliphatic rings. The van der Waals surface area contributed by atoms with Crippen LogP contribution in [0.5, 0.6) is 0 Å². The van der Waals surface area contributed by atoms with Crippen LogP contribution < -0.4 is 5.32 Å². The topological polar surface area (TPSA) is 66.8 Å². The van der Waals surface area contributed by atoms with E-state index in [-0.39, 0.29) is 11.5 Å². The van der Waals surface area contributed by atoms with E-state index >= 15 is 0 Å². The van der Waals surface area contributed by atoms with Crippen molar-refractivity contribution in [1.82, 2.24) is 15.2 Å². The molecule has 0 aromatic carbocycles. The molecule has 1 spiro atoms. The molecule has 1 N–H and O–H groups in total. The second-order valence-corrected chi connectivity index (χ2v) is 7.46. The molecule has 1 atom stereocenters. The molecule has 1 saturated heterocycles. The lowest BCUT2D eigenvalue weighted by atomic mass is 9.92. The molecule has 0 radical (unpaired) electrons. The Morgan fingerprint density at radius 1 is 1.55 bits per heavy atom. The molecule has 2 aliphatic heterocycles. The second-order valence-electron chi connectivity index (χ2n) is 6.48. The minimum atomic E-state index is -0.302. The summed E-state index contributed by atoms with van der Waals surface area (Å²) in [5.41, 5.74) is 0.256. The van der Waals surface area contributed by atoms with Crippen molar-refractivity contribution in [2.75, 3.05) is 13.1 Å². The smallest absolute Gasteiger partial charge is 0.269 e. The predicted octanol–water partition coefficient (Wildman–Crippen LogP) is 1.53. The molecule has 1 saturated carbocycles. The van der Waals surface area contributed by atoms with E-state index in [1.807, 2.05) is 11.6 Å². The van der Waals surface area contributed by atoms with E-state index in [1.165, 1.54) is 6.42 Å². The van der Waals surface area contributed by atoms with Gasteiger partial charge in [0.05, 0.1) is 6.54 Å². The Hall–Kier alpha value is -1.47. The fourth-order valence-electron chi connectivity index (χ4n) is 3.27. The molecule has 22 heavy (non-hydrogen) atoms. The molecule has 2 fully saturated rings. The SMILES string of the molecule is O=C(NC1CCC1)C1=NOC2(CCN(Cc3nccs3)C2)C1. The number of amides is 1. The summed E-state index contributed by atoms with van der Waals surface area (Å²) in [4.78, 5) is 24.5. The lowest BCUT2D eigenvalue weighted by Crippen LogP contribution is -2.43. The van der Waals surface area contributed by atoms with Crippen LogP contribution in [0.3, 0.4) is 0 Å². The number of hydrogen-bond donors (Lipinski definition) is 1. The fourth-order valence-corrected chi connectivity index (χ4v) is 3.93. The number of rotatable bonds is 4. The van der Waals surface area contributed by atoms with Crippen LogP contribution in [0.2, 0.25) is 0 Å². The number of carbonyl (C=O) groups is 1. The van der Waals surface area contributed by atoms with E-state index in [4.69, 9.17) is 4.84 Å². The van der Waals surface area contributed by atoms with Crippen molar-refractivity contribution >= 4 is 23.0 Å². The minimum absolute atomic E-state index is 0.0417. The van der Waals surface area contributed by atoms with Gasteiger partial charge in [0.25, 0.3) is 5.91 Å². The van der Waals surface area contributed by atoms with Gasteiger partial charge in [-0.15, -0.1) is 11.3 Å². The van der Waals surface area contributed by atoms with Crippen LogP contribution in [0.25, 0.3) is 0 Å². The Morgan fingerprint density at radius 2 is 2.45 bits per heavy atom. The number of likely N-dealkylation sites (tertiary alicyclic amines) is 1. The first kappa shape index (κ1) is 14.1. The molecule has 1 unspecified atom stereocenters. The number of oxime groups is 1. The lowest BCUT2D eigenvalue weighted by molar-refractivity contribution is -0.116. The Morgan fingerprint density at radius 3 is 3.18 bits per heavy atom. The fraction of sp³-hybridized carbons (Fsp3) is 0.667. The summed E-state index contributed by atoms with van der Waals surface area (Å²) in [6, 6.07) is 0.344. The summed E-state index contributed by atoms with van der Waals surface area (Å²) in [7, 11) is 0. The lowest BCUT2D eigenvalue weighted by Gasteiger charge is -2.26. The Bertz CT molecular complexity index is 584. The van der Waals surface area contributed by atoms with Gasteiger partial charge in [0.1, 0.15) is 10.7 Å². The molecular weight excluding hydrogens is 300 g/mol. The molecule has 1 amide bonds. The van der Waals surface area contributed by atoms with Crippen molar-refractivity contribution in [3.63, 3.8) is 0 Å². The van der Waals surface area contributed by atoms with Gasteiger partial charge in [-0.3, -0.25) is 9.69 Å². The molecule has 6 nitrogen and oxygen atoms in total. The Kier molecular flexibility index (Phi) is 3.62. The summed E-state index contributed by atoms with van der Waals surface area (Å²) >= 11 is 1.68. The van der Waals surface area contributed by atoms with Gasteiger partial charge in [-0.05, 0) is 19.3 Å². The minimum Gasteiger partial charge on any atom is -0.387 e. The van der Waals surface area contributed by atoms with E-state index in [0.717, 1.165) is 43.9 Å². The van der Waals surface area contributed by atoms with Crippen molar-refractivity contribution in [1.29, 1.82) is 0 Å². The van der Waals surface area contributed by atoms with Crippen LogP contribution >= 0.6 is 11.3 Å². The molecule has 7 heteroatoms. The zero-order chi connectivity index (χ0) is 15.0. The number of hydrogen-bond acceptors (Lipinski definition) is 6. The van der Waals surface area contributed by atoms with Crippen LogP contribution in [0.4, 0.5) is 0 Å². The van der Waals surface area contributed by atoms with Crippen molar-refractivity contribution in [3.8, 4) is 0 Å². The summed E-state index contributed by atoms with van der Waals surface area (Å²) in [5.74, 6) is -0.0417. The Balaban J connectivity index is 1.32. The van der Waals surface area contributed by atoms with Crippen LogP contribution in [0.15, 0.2) is 16.7 Å². The quantitative estimate of drug-likeness (QED) is 0.914. The van der Waals surface area contributed by atoms with Gasteiger partial charge in [0.2, 0.25) is 0 Å². The van der Waals surface area contributed by atoms with Crippen molar-refractivity contribution < 1.29 is 9.63 Å². The molecule has 3 heterocycles. The van der Waals surface area contributed by atoms with Gasteiger partial charge in [0.15, 0.2) is 5.60 Å². The maximum absolute atomic E-state index is 12.2. The van der Waals surface area contributed by atoms with E-state index < -0.39 is 0 Å². The third kappa shape index (κ3) is 2.75. The third-order valence-electron chi connectivity index (χ3n) is 4.78. The molecular formula is C15H20N4O2S. The van der Waals surface area contributed by atoms with E-state index in [9.17, 15) is 4.79 Å². The average Bonchev–Trinajstić information content (AvgIpc) is 3.18. The van der Waals surface area contributed by atoms with Crippen LogP contribution in [-0.2, 0) is 16.2 Å². The average molecular weight is 320 g/mol. The largest absolute Gasteiger partial charge is 0.387 e. The van der Waals surface area contributed by atoms with Gasteiger partial charge in [-0.1, -0.05) is 5.16 Å². The standard InChI is InChI=1S/C15H20N4O2S/c20-14(17-11-2-1-3-11)12-8-15(21-18-12)4-6-19(10-15)9-13-16-5-7-22-13/h5,7,11H,1-4,6,8-10H2,(H,17,20).